The molecule has 0 aliphatic rings. The van der Waals surface area contributed by atoms with Gasteiger partial charge in [0.25, 0.3) is 5.91 Å². The van der Waals surface area contributed by atoms with Crippen LogP contribution in [0.3, 0.4) is 0 Å². The number of thiazole rings is 1. The van der Waals surface area contributed by atoms with E-state index < -0.39 is 5.91 Å². The first kappa shape index (κ1) is 14.1. The van der Waals surface area contributed by atoms with E-state index in [1.807, 2.05) is 0 Å². The molecule has 7 heteroatoms. The number of benzene rings is 1. The average molecular weight is 294 g/mol. The standard InChI is InChI=1S/C13H14N2O4S/c1-17-9-4-7(5-10(18-2)11(9)19-3)13-15-8(6-20-13)12(14)16/h4-6H,1-3H3,(H2,14,16). The van der Waals surface area contributed by atoms with Crippen LogP contribution in [-0.2, 0) is 0 Å². The Kier molecular flexibility index (Phi) is 4.09. The maximum Gasteiger partial charge on any atom is 0.268 e. The minimum absolute atomic E-state index is 0.235. The lowest BCUT2D eigenvalue weighted by atomic mass is 10.2. The lowest BCUT2D eigenvalue weighted by molar-refractivity contribution is 0.0996. The Balaban J connectivity index is 2.53. The zero-order chi connectivity index (χ0) is 14.7. The molecular formula is C13H14N2O4S. The number of nitrogens with two attached hydrogens (primary N) is 1. The summed E-state index contributed by atoms with van der Waals surface area (Å²) in [7, 11) is 4.62. The molecule has 0 atom stereocenters. The van der Waals surface area contributed by atoms with Gasteiger partial charge in [-0.05, 0) is 12.1 Å². The first-order valence-electron chi connectivity index (χ1n) is 5.66. The highest BCUT2D eigenvalue weighted by Gasteiger charge is 2.16. The molecule has 6 nitrogen and oxygen atoms in total. The molecular weight excluding hydrogens is 280 g/mol. The summed E-state index contributed by atoms with van der Waals surface area (Å²) in [5.74, 6) is 1.00. The molecule has 0 spiro atoms. The Morgan fingerprint density at radius 3 is 2.15 bits per heavy atom. The van der Waals surface area contributed by atoms with Crippen molar-refractivity contribution in [2.75, 3.05) is 21.3 Å². The van der Waals surface area contributed by atoms with Gasteiger partial charge in [0.15, 0.2) is 11.5 Å². The Bertz CT molecular complexity index is 614. The van der Waals surface area contributed by atoms with Crippen LogP contribution in [0.15, 0.2) is 17.5 Å². The van der Waals surface area contributed by atoms with Crippen molar-refractivity contribution in [2.45, 2.75) is 0 Å². The third-order valence-electron chi connectivity index (χ3n) is 2.67. The molecule has 1 aromatic heterocycles. The molecule has 0 fully saturated rings. The molecule has 0 saturated carbocycles. The quantitative estimate of drug-likeness (QED) is 0.911. The van der Waals surface area contributed by atoms with Crippen molar-refractivity contribution in [2.24, 2.45) is 5.73 Å². The van der Waals surface area contributed by atoms with Gasteiger partial charge in [0, 0.05) is 10.9 Å². The number of nitrogens with zero attached hydrogens (tertiary/aromatic N) is 1. The molecule has 0 aliphatic heterocycles. The van der Waals surface area contributed by atoms with E-state index in [-0.39, 0.29) is 5.69 Å². The van der Waals surface area contributed by atoms with Crippen LogP contribution in [0, 0.1) is 0 Å². The van der Waals surface area contributed by atoms with Crippen LogP contribution in [0.1, 0.15) is 10.5 Å². The van der Waals surface area contributed by atoms with Crippen LogP contribution in [0.4, 0.5) is 0 Å². The maximum atomic E-state index is 11.1. The van der Waals surface area contributed by atoms with E-state index in [0.29, 0.717) is 22.3 Å². The normalized spacial score (nSPS) is 10.2. The highest BCUT2D eigenvalue weighted by Crippen LogP contribution is 2.41. The number of carbonyl (C=O) groups excluding carboxylic acids is 1. The fourth-order valence-electron chi connectivity index (χ4n) is 1.72. The van der Waals surface area contributed by atoms with Crippen LogP contribution >= 0.6 is 11.3 Å². The van der Waals surface area contributed by atoms with E-state index in [2.05, 4.69) is 4.98 Å². The molecule has 0 bridgehead atoms. The number of carbonyl (C=O) groups is 1. The first-order chi connectivity index (χ1) is 9.60. The zero-order valence-electron chi connectivity index (χ0n) is 11.3. The number of hydrogen-bond donors (Lipinski definition) is 1. The molecule has 20 heavy (non-hydrogen) atoms. The molecule has 0 radical (unpaired) electrons. The molecule has 0 unspecified atom stereocenters. The summed E-state index contributed by atoms with van der Waals surface area (Å²) in [5.41, 5.74) is 6.19. The third kappa shape index (κ3) is 2.53. The van der Waals surface area contributed by atoms with Crippen LogP contribution < -0.4 is 19.9 Å². The summed E-state index contributed by atoms with van der Waals surface area (Å²) in [6, 6.07) is 3.54. The first-order valence-corrected chi connectivity index (χ1v) is 6.54. The number of primary amides is 1. The number of hydrogen-bond acceptors (Lipinski definition) is 6. The van der Waals surface area contributed by atoms with Crippen molar-refractivity contribution in [1.82, 2.24) is 4.98 Å². The second-order valence-electron chi connectivity index (χ2n) is 3.82. The van der Waals surface area contributed by atoms with Crippen molar-refractivity contribution < 1.29 is 19.0 Å². The molecule has 2 rings (SSSR count). The fourth-order valence-corrected chi connectivity index (χ4v) is 2.52. The van der Waals surface area contributed by atoms with Gasteiger partial charge in [-0.25, -0.2) is 4.98 Å². The summed E-state index contributed by atoms with van der Waals surface area (Å²) >= 11 is 1.32. The van der Waals surface area contributed by atoms with E-state index in [0.717, 1.165) is 5.56 Å². The minimum atomic E-state index is -0.556. The highest BCUT2D eigenvalue weighted by molar-refractivity contribution is 7.13. The maximum absolute atomic E-state index is 11.1. The number of rotatable bonds is 5. The average Bonchev–Trinajstić information content (AvgIpc) is 2.95. The molecule has 106 valence electrons. The molecule has 1 aromatic carbocycles. The Morgan fingerprint density at radius 2 is 1.75 bits per heavy atom. The number of ether oxygens (including phenoxy) is 3. The van der Waals surface area contributed by atoms with Crippen LogP contribution in [-0.4, -0.2) is 32.2 Å². The Labute approximate surface area is 120 Å². The van der Waals surface area contributed by atoms with E-state index >= 15 is 0 Å². The van der Waals surface area contributed by atoms with Crippen LogP contribution in [0.25, 0.3) is 10.6 Å². The second-order valence-corrected chi connectivity index (χ2v) is 4.67. The predicted octanol–water partition coefficient (Wildman–Crippen LogP) is 1.93. The summed E-state index contributed by atoms with van der Waals surface area (Å²) in [4.78, 5) is 15.3. The van der Waals surface area contributed by atoms with Crippen molar-refractivity contribution in [3.63, 3.8) is 0 Å². The largest absolute Gasteiger partial charge is 0.493 e. The van der Waals surface area contributed by atoms with Crippen molar-refractivity contribution in [1.29, 1.82) is 0 Å². The van der Waals surface area contributed by atoms with Gasteiger partial charge in [0.2, 0.25) is 5.75 Å². The SMILES string of the molecule is COc1cc(-c2nc(C(N)=O)cs2)cc(OC)c1OC. The Hall–Kier alpha value is -2.28. The van der Waals surface area contributed by atoms with Gasteiger partial charge >= 0.3 is 0 Å². The van der Waals surface area contributed by atoms with Crippen molar-refractivity contribution in [3.05, 3.63) is 23.2 Å². The van der Waals surface area contributed by atoms with Gasteiger partial charge in [-0.2, -0.15) is 0 Å². The van der Waals surface area contributed by atoms with E-state index in [1.54, 1.807) is 17.5 Å². The number of methoxy groups -OCH3 is 3. The number of aromatic nitrogens is 1. The lowest BCUT2D eigenvalue weighted by Crippen LogP contribution is -2.10. The smallest absolute Gasteiger partial charge is 0.268 e. The molecule has 2 N–H and O–H groups in total. The van der Waals surface area contributed by atoms with E-state index in [1.165, 1.54) is 32.7 Å². The van der Waals surface area contributed by atoms with E-state index in [9.17, 15) is 4.79 Å². The number of amides is 1. The molecule has 0 aliphatic carbocycles. The van der Waals surface area contributed by atoms with Gasteiger partial charge < -0.3 is 19.9 Å². The summed E-state index contributed by atoms with van der Waals surface area (Å²) < 4.78 is 15.8. The molecule has 1 heterocycles. The van der Waals surface area contributed by atoms with Gasteiger partial charge in [0.1, 0.15) is 10.7 Å². The Morgan fingerprint density at radius 1 is 1.15 bits per heavy atom. The van der Waals surface area contributed by atoms with Crippen LogP contribution in [0.2, 0.25) is 0 Å². The van der Waals surface area contributed by atoms with E-state index in [4.69, 9.17) is 19.9 Å². The summed E-state index contributed by atoms with van der Waals surface area (Å²) in [5, 5.41) is 2.26. The monoisotopic (exact) mass is 294 g/mol. The summed E-state index contributed by atoms with van der Waals surface area (Å²) in [6.07, 6.45) is 0. The fraction of sp³-hybridized carbons (Fsp3) is 0.231. The van der Waals surface area contributed by atoms with Gasteiger partial charge in [-0.15, -0.1) is 11.3 Å². The summed E-state index contributed by atoms with van der Waals surface area (Å²) in [6.45, 7) is 0. The lowest BCUT2D eigenvalue weighted by Gasteiger charge is -2.13. The molecule has 2 aromatic rings. The minimum Gasteiger partial charge on any atom is -0.493 e. The third-order valence-corrected chi connectivity index (χ3v) is 3.56. The van der Waals surface area contributed by atoms with Gasteiger partial charge in [-0.3, -0.25) is 4.79 Å². The second kappa shape index (κ2) is 5.79. The van der Waals surface area contributed by atoms with Crippen LogP contribution in [0.5, 0.6) is 17.2 Å². The highest BCUT2D eigenvalue weighted by atomic mass is 32.1. The molecule has 0 saturated heterocycles. The van der Waals surface area contributed by atoms with Crippen molar-refractivity contribution >= 4 is 17.2 Å². The van der Waals surface area contributed by atoms with Gasteiger partial charge in [0.05, 0.1) is 21.3 Å². The predicted molar refractivity (Wildman–Crippen MR) is 75.7 cm³/mol. The molecule has 1 amide bonds. The zero-order valence-corrected chi connectivity index (χ0v) is 12.1. The van der Waals surface area contributed by atoms with Gasteiger partial charge in [-0.1, -0.05) is 0 Å². The topological polar surface area (TPSA) is 83.7 Å². The van der Waals surface area contributed by atoms with Crippen molar-refractivity contribution in [3.8, 4) is 27.8 Å².